The molecule has 7 nitrogen and oxygen atoms in total. The molecule has 0 aliphatic heterocycles. The second-order valence-corrected chi connectivity index (χ2v) is 11.1. The Morgan fingerprint density at radius 3 is 2.24 bits per heavy atom. The number of hydrogen-bond donors (Lipinski definition) is 1. The van der Waals surface area contributed by atoms with Gasteiger partial charge < -0.3 is 10.2 Å². The first-order valence-corrected chi connectivity index (χ1v) is 13.9. The molecule has 10 heteroatoms. The number of likely N-dealkylation sites (N-methyl/N-ethyl adjacent to an activating group) is 1. The average molecular weight is 563 g/mol. The molecule has 0 saturated carbocycles. The molecule has 0 saturated heterocycles. The van der Waals surface area contributed by atoms with Crippen molar-refractivity contribution in [1.82, 2.24) is 10.2 Å². The number of aryl methyl sites for hydroxylation is 1. The van der Waals surface area contributed by atoms with Crippen LogP contribution in [0.1, 0.15) is 25.0 Å². The molecule has 2 amide bonds. The fourth-order valence-electron chi connectivity index (χ4n) is 3.85. The molecule has 3 rings (SSSR count). The van der Waals surface area contributed by atoms with Gasteiger partial charge in [-0.1, -0.05) is 59.6 Å². The van der Waals surface area contributed by atoms with Crippen LogP contribution in [0.4, 0.5) is 5.69 Å². The number of carbonyl (C=O) groups excluding carboxylic acids is 2. The van der Waals surface area contributed by atoms with Crippen molar-refractivity contribution in [2.45, 2.75) is 38.3 Å². The Labute approximate surface area is 228 Å². The van der Waals surface area contributed by atoms with Gasteiger partial charge in [0.1, 0.15) is 12.6 Å². The Bertz CT molecular complexity index is 1370. The average Bonchev–Trinajstić information content (AvgIpc) is 2.87. The zero-order valence-electron chi connectivity index (χ0n) is 20.8. The van der Waals surface area contributed by atoms with E-state index in [1.165, 1.54) is 17.0 Å². The number of sulfonamides is 1. The molecule has 0 aliphatic carbocycles. The van der Waals surface area contributed by atoms with E-state index in [1.54, 1.807) is 81.4 Å². The molecule has 3 aromatic rings. The van der Waals surface area contributed by atoms with Gasteiger partial charge in [-0.2, -0.15) is 0 Å². The summed E-state index contributed by atoms with van der Waals surface area (Å²) < 4.78 is 28.6. The molecule has 0 heterocycles. The first-order valence-electron chi connectivity index (χ1n) is 11.7. The number of anilines is 1. The van der Waals surface area contributed by atoms with Gasteiger partial charge in [-0.3, -0.25) is 13.9 Å². The summed E-state index contributed by atoms with van der Waals surface area (Å²) in [4.78, 5) is 27.9. The number of amides is 2. The molecule has 0 unspecified atom stereocenters. The summed E-state index contributed by atoms with van der Waals surface area (Å²) in [5.74, 6) is -0.921. The van der Waals surface area contributed by atoms with Gasteiger partial charge in [-0.15, -0.1) is 0 Å². The summed E-state index contributed by atoms with van der Waals surface area (Å²) in [6.45, 7) is 4.98. The summed E-state index contributed by atoms with van der Waals surface area (Å²) in [7, 11) is -4.14. The molecule has 0 spiro atoms. The topological polar surface area (TPSA) is 86.8 Å². The molecular formula is C27H29Cl2N3O4S. The van der Waals surface area contributed by atoms with E-state index in [2.05, 4.69) is 5.32 Å². The minimum absolute atomic E-state index is 0.0234. The summed E-state index contributed by atoms with van der Waals surface area (Å²) in [6.07, 6.45) is 0. The van der Waals surface area contributed by atoms with Gasteiger partial charge in [-0.25, -0.2) is 8.42 Å². The van der Waals surface area contributed by atoms with Crippen LogP contribution in [0.5, 0.6) is 0 Å². The number of halogens is 2. The highest BCUT2D eigenvalue weighted by Crippen LogP contribution is 2.29. The van der Waals surface area contributed by atoms with E-state index in [0.717, 1.165) is 4.31 Å². The van der Waals surface area contributed by atoms with Crippen molar-refractivity contribution in [3.05, 3.63) is 94.0 Å². The number of carbonyl (C=O) groups is 2. The summed E-state index contributed by atoms with van der Waals surface area (Å²) in [6, 6.07) is 18.8. The van der Waals surface area contributed by atoms with E-state index < -0.39 is 28.5 Å². The smallest absolute Gasteiger partial charge is 0.264 e. The first-order chi connectivity index (χ1) is 17.6. The van der Waals surface area contributed by atoms with Crippen LogP contribution in [-0.2, 0) is 26.2 Å². The van der Waals surface area contributed by atoms with Crippen LogP contribution >= 0.6 is 23.2 Å². The highest BCUT2D eigenvalue weighted by molar-refractivity contribution is 7.92. The minimum Gasteiger partial charge on any atom is -0.355 e. The fraction of sp³-hybridized carbons (Fsp3) is 0.259. The number of rotatable bonds is 10. The third kappa shape index (κ3) is 6.83. The molecule has 0 bridgehead atoms. The molecule has 196 valence electrons. The molecule has 0 aliphatic rings. The number of nitrogens with one attached hydrogen (secondary N) is 1. The maximum atomic E-state index is 13.8. The van der Waals surface area contributed by atoms with Crippen molar-refractivity contribution in [2.75, 3.05) is 17.4 Å². The van der Waals surface area contributed by atoms with Gasteiger partial charge >= 0.3 is 0 Å². The normalized spacial score (nSPS) is 12.0. The van der Waals surface area contributed by atoms with E-state index in [9.17, 15) is 18.0 Å². The van der Waals surface area contributed by atoms with Gasteiger partial charge in [0, 0.05) is 23.1 Å². The van der Waals surface area contributed by atoms with Crippen LogP contribution in [0.2, 0.25) is 10.0 Å². The SMILES string of the molecule is CCNC(=O)[C@@H](C)N(Cc1ccccc1Cl)C(=O)CN(c1ccc(Cl)cc1C)S(=O)(=O)c1ccccc1. The predicted molar refractivity (Wildman–Crippen MR) is 147 cm³/mol. The summed E-state index contributed by atoms with van der Waals surface area (Å²) in [5, 5.41) is 3.60. The van der Waals surface area contributed by atoms with E-state index >= 15 is 0 Å². The fourth-order valence-corrected chi connectivity index (χ4v) is 5.77. The van der Waals surface area contributed by atoms with Gasteiger partial charge in [0.15, 0.2) is 0 Å². The van der Waals surface area contributed by atoms with E-state index in [0.29, 0.717) is 33.4 Å². The maximum Gasteiger partial charge on any atom is 0.264 e. The monoisotopic (exact) mass is 561 g/mol. The first kappa shape index (κ1) is 28.5. The van der Waals surface area contributed by atoms with Crippen LogP contribution in [0, 0.1) is 6.92 Å². The lowest BCUT2D eigenvalue weighted by Gasteiger charge is -2.32. The third-order valence-electron chi connectivity index (χ3n) is 5.85. The Morgan fingerprint density at radius 2 is 1.62 bits per heavy atom. The van der Waals surface area contributed by atoms with Gasteiger partial charge in [0.25, 0.3) is 10.0 Å². The lowest BCUT2D eigenvalue weighted by Crippen LogP contribution is -2.51. The molecule has 1 N–H and O–H groups in total. The molecule has 0 radical (unpaired) electrons. The second-order valence-electron chi connectivity index (χ2n) is 8.44. The minimum atomic E-state index is -4.14. The molecular weight excluding hydrogens is 533 g/mol. The van der Waals surface area contributed by atoms with Crippen molar-refractivity contribution in [1.29, 1.82) is 0 Å². The third-order valence-corrected chi connectivity index (χ3v) is 8.23. The van der Waals surface area contributed by atoms with Crippen molar-refractivity contribution in [2.24, 2.45) is 0 Å². The van der Waals surface area contributed by atoms with E-state index in [-0.39, 0.29) is 17.3 Å². The predicted octanol–water partition coefficient (Wildman–Crippen LogP) is 5.05. The van der Waals surface area contributed by atoms with Gasteiger partial charge in [0.05, 0.1) is 10.6 Å². The number of hydrogen-bond acceptors (Lipinski definition) is 4. The van der Waals surface area contributed by atoms with E-state index in [4.69, 9.17) is 23.2 Å². The van der Waals surface area contributed by atoms with Crippen LogP contribution in [0.25, 0.3) is 0 Å². The quantitative estimate of drug-likeness (QED) is 0.375. The van der Waals surface area contributed by atoms with Crippen LogP contribution in [0.3, 0.4) is 0 Å². The van der Waals surface area contributed by atoms with Crippen molar-refractivity contribution in [3.8, 4) is 0 Å². The standard InChI is InChI=1S/C27H29Cl2N3O4S/c1-4-30-27(34)20(3)31(17-21-10-8-9-13-24(21)29)26(33)18-32(25-15-14-22(28)16-19(25)2)37(35,36)23-11-6-5-7-12-23/h5-16,20H,4,17-18H2,1-3H3,(H,30,34)/t20-/m1/s1. The van der Waals surface area contributed by atoms with Gasteiger partial charge in [-0.05, 0) is 68.3 Å². The Kier molecular flexibility index (Phi) is 9.59. The Morgan fingerprint density at radius 1 is 0.973 bits per heavy atom. The Hall–Kier alpha value is -3.07. The zero-order chi connectivity index (χ0) is 27.2. The van der Waals surface area contributed by atoms with Crippen molar-refractivity contribution in [3.63, 3.8) is 0 Å². The van der Waals surface area contributed by atoms with Crippen LogP contribution < -0.4 is 9.62 Å². The van der Waals surface area contributed by atoms with Crippen molar-refractivity contribution < 1.29 is 18.0 Å². The van der Waals surface area contributed by atoms with Crippen LogP contribution in [-0.4, -0.2) is 44.3 Å². The number of nitrogens with zero attached hydrogens (tertiary/aromatic N) is 2. The molecule has 37 heavy (non-hydrogen) atoms. The lowest BCUT2D eigenvalue weighted by atomic mass is 10.1. The van der Waals surface area contributed by atoms with Gasteiger partial charge in [0.2, 0.25) is 11.8 Å². The number of benzene rings is 3. The maximum absolute atomic E-state index is 13.8. The molecule has 0 fully saturated rings. The second kappa shape index (κ2) is 12.4. The molecule has 3 aromatic carbocycles. The largest absolute Gasteiger partial charge is 0.355 e. The summed E-state index contributed by atoms with van der Waals surface area (Å²) in [5.41, 5.74) is 1.52. The van der Waals surface area contributed by atoms with E-state index in [1.807, 2.05) is 0 Å². The highest BCUT2D eigenvalue weighted by atomic mass is 35.5. The Balaban J connectivity index is 2.07. The lowest BCUT2D eigenvalue weighted by molar-refractivity contribution is -0.139. The zero-order valence-corrected chi connectivity index (χ0v) is 23.1. The highest BCUT2D eigenvalue weighted by Gasteiger charge is 2.33. The van der Waals surface area contributed by atoms with Crippen LogP contribution in [0.15, 0.2) is 77.7 Å². The van der Waals surface area contributed by atoms with Crippen molar-refractivity contribution >= 4 is 50.7 Å². The molecule has 0 aromatic heterocycles. The molecule has 1 atom stereocenters. The summed E-state index contributed by atoms with van der Waals surface area (Å²) >= 11 is 12.5.